The molecule has 2 nitrogen and oxygen atoms in total. The molecule has 0 heterocycles. The molecule has 30 heavy (non-hydrogen) atoms. The molecule has 1 aromatic rings. The van der Waals surface area contributed by atoms with Crippen LogP contribution < -0.4 is 0 Å². The average Bonchev–Trinajstić information content (AvgIpc) is 2.78. The number of rotatable bonds is 22. The summed E-state index contributed by atoms with van der Waals surface area (Å²) in [5, 5.41) is 0. The van der Waals surface area contributed by atoms with Crippen molar-refractivity contribution in [2.45, 2.75) is 110 Å². The summed E-state index contributed by atoms with van der Waals surface area (Å²) in [6.45, 7) is 6.71. The van der Waals surface area contributed by atoms with Gasteiger partial charge in [0.1, 0.15) is 0 Å². The SMILES string of the molecule is CCSCCCCCCCCCCCCCCOCC(CC)OCc1ccccc1. The van der Waals surface area contributed by atoms with Crippen LogP contribution in [0.5, 0.6) is 0 Å². The molecule has 3 heteroatoms. The van der Waals surface area contributed by atoms with E-state index in [2.05, 4.69) is 49.9 Å². The first kappa shape index (κ1) is 27.5. The molecule has 0 bridgehead atoms. The maximum absolute atomic E-state index is 5.98. The molecule has 0 fully saturated rings. The molecule has 0 N–H and O–H groups in total. The molecule has 0 saturated heterocycles. The first-order valence-corrected chi connectivity index (χ1v) is 13.8. The van der Waals surface area contributed by atoms with Gasteiger partial charge in [-0.2, -0.15) is 11.8 Å². The highest BCUT2D eigenvalue weighted by Crippen LogP contribution is 2.13. The zero-order valence-corrected chi connectivity index (χ0v) is 20.7. The van der Waals surface area contributed by atoms with E-state index in [1.807, 2.05) is 6.07 Å². The Kier molecular flexibility index (Phi) is 19.9. The molecule has 0 spiro atoms. The van der Waals surface area contributed by atoms with Gasteiger partial charge in [-0.15, -0.1) is 0 Å². The Bertz CT molecular complexity index is 451. The Morgan fingerprint density at radius 3 is 1.87 bits per heavy atom. The predicted octanol–water partition coefficient (Wildman–Crippen LogP) is 8.43. The van der Waals surface area contributed by atoms with Crippen molar-refractivity contribution >= 4 is 11.8 Å². The average molecular weight is 437 g/mol. The van der Waals surface area contributed by atoms with E-state index in [0.717, 1.165) is 19.6 Å². The highest BCUT2D eigenvalue weighted by molar-refractivity contribution is 7.99. The van der Waals surface area contributed by atoms with Crippen molar-refractivity contribution < 1.29 is 9.47 Å². The lowest BCUT2D eigenvalue weighted by Crippen LogP contribution is -2.19. The first-order valence-electron chi connectivity index (χ1n) is 12.7. The van der Waals surface area contributed by atoms with E-state index in [1.165, 1.54) is 94.1 Å². The second-order valence-corrected chi connectivity index (χ2v) is 9.74. The van der Waals surface area contributed by atoms with Gasteiger partial charge < -0.3 is 9.47 Å². The number of benzene rings is 1. The third kappa shape index (κ3) is 17.2. The summed E-state index contributed by atoms with van der Waals surface area (Å²) in [6, 6.07) is 10.4. The Hall–Kier alpha value is -0.510. The molecule has 0 aliphatic heterocycles. The Labute approximate surface area is 191 Å². The van der Waals surface area contributed by atoms with Gasteiger partial charge in [0, 0.05) is 6.61 Å². The standard InChI is InChI=1S/C27H48O2S/c1-3-27(29-24-26-20-16-15-17-21-26)25-28-22-18-13-11-9-7-5-6-8-10-12-14-19-23-30-4-2/h15-17,20-21,27H,3-14,18-19,22-25H2,1-2H3. The third-order valence-electron chi connectivity index (χ3n) is 5.62. The van der Waals surface area contributed by atoms with E-state index in [1.54, 1.807) is 0 Å². The summed E-state index contributed by atoms with van der Waals surface area (Å²) >= 11 is 2.08. The molecule has 0 aromatic heterocycles. The highest BCUT2D eigenvalue weighted by atomic mass is 32.2. The smallest absolute Gasteiger partial charge is 0.0810 e. The normalized spacial score (nSPS) is 12.3. The van der Waals surface area contributed by atoms with Crippen molar-refractivity contribution in [3.05, 3.63) is 35.9 Å². The van der Waals surface area contributed by atoms with Crippen LogP contribution in [0.4, 0.5) is 0 Å². The lowest BCUT2D eigenvalue weighted by atomic mass is 10.1. The highest BCUT2D eigenvalue weighted by Gasteiger charge is 2.07. The molecule has 0 saturated carbocycles. The van der Waals surface area contributed by atoms with Gasteiger partial charge in [-0.05, 0) is 36.3 Å². The number of hydrogen-bond donors (Lipinski definition) is 0. The minimum absolute atomic E-state index is 0.209. The van der Waals surface area contributed by atoms with Crippen molar-refractivity contribution in [2.24, 2.45) is 0 Å². The van der Waals surface area contributed by atoms with Crippen molar-refractivity contribution in [3.8, 4) is 0 Å². The van der Waals surface area contributed by atoms with Gasteiger partial charge in [0.15, 0.2) is 0 Å². The molecule has 1 aromatic carbocycles. The van der Waals surface area contributed by atoms with Crippen LogP contribution in [0.25, 0.3) is 0 Å². The van der Waals surface area contributed by atoms with Gasteiger partial charge in [-0.3, -0.25) is 0 Å². The molecular weight excluding hydrogens is 388 g/mol. The van der Waals surface area contributed by atoms with Gasteiger partial charge in [0.25, 0.3) is 0 Å². The zero-order valence-electron chi connectivity index (χ0n) is 19.9. The quantitative estimate of drug-likeness (QED) is 0.170. The van der Waals surface area contributed by atoms with E-state index < -0.39 is 0 Å². The molecule has 1 rings (SSSR count). The minimum Gasteiger partial charge on any atom is -0.379 e. The van der Waals surface area contributed by atoms with Crippen LogP contribution in [0.2, 0.25) is 0 Å². The van der Waals surface area contributed by atoms with Gasteiger partial charge >= 0.3 is 0 Å². The molecule has 0 aliphatic carbocycles. The molecular formula is C27H48O2S. The Morgan fingerprint density at radius 2 is 1.30 bits per heavy atom. The van der Waals surface area contributed by atoms with Crippen LogP contribution in [0.1, 0.15) is 103 Å². The largest absolute Gasteiger partial charge is 0.379 e. The van der Waals surface area contributed by atoms with E-state index >= 15 is 0 Å². The maximum atomic E-state index is 5.98. The summed E-state index contributed by atoms with van der Waals surface area (Å²) in [7, 11) is 0. The summed E-state index contributed by atoms with van der Waals surface area (Å²) in [5.74, 6) is 2.64. The van der Waals surface area contributed by atoms with Crippen LogP contribution in [0.15, 0.2) is 30.3 Å². The summed E-state index contributed by atoms with van der Waals surface area (Å²) in [4.78, 5) is 0. The van der Waals surface area contributed by atoms with Crippen molar-refractivity contribution in [2.75, 3.05) is 24.7 Å². The second-order valence-electron chi connectivity index (χ2n) is 8.34. The topological polar surface area (TPSA) is 18.5 Å². The van der Waals surface area contributed by atoms with E-state index in [4.69, 9.17) is 9.47 Å². The summed E-state index contributed by atoms with van der Waals surface area (Å²) < 4.78 is 11.8. The predicted molar refractivity (Wildman–Crippen MR) is 135 cm³/mol. The Balaban J connectivity index is 1.79. The summed E-state index contributed by atoms with van der Waals surface area (Å²) in [5.41, 5.74) is 1.23. The monoisotopic (exact) mass is 436 g/mol. The van der Waals surface area contributed by atoms with E-state index in [9.17, 15) is 0 Å². The molecule has 1 unspecified atom stereocenters. The summed E-state index contributed by atoms with van der Waals surface area (Å²) in [6.07, 6.45) is 17.9. The minimum atomic E-state index is 0.209. The van der Waals surface area contributed by atoms with Gasteiger partial charge in [0.2, 0.25) is 0 Å². The molecule has 1 atom stereocenters. The molecule has 174 valence electrons. The second kappa shape index (κ2) is 21.7. The third-order valence-corrected chi connectivity index (χ3v) is 6.60. The van der Waals surface area contributed by atoms with Crippen molar-refractivity contribution in [1.29, 1.82) is 0 Å². The molecule has 0 amide bonds. The Morgan fingerprint density at radius 1 is 0.733 bits per heavy atom. The van der Waals surface area contributed by atoms with E-state index in [0.29, 0.717) is 6.61 Å². The van der Waals surface area contributed by atoms with Gasteiger partial charge in [0.05, 0.1) is 19.3 Å². The van der Waals surface area contributed by atoms with E-state index in [-0.39, 0.29) is 6.10 Å². The van der Waals surface area contributed by atoms with Crippen LogP contribution in [-0.2, 0) is 16.1 Å². The first-order chi connectivity index (χ1) is 14.9. The zero-order chi connectivity index (χ0) is 21.5. The lowest BCUT2D eigenvalue weighted by Gasteiger charge is -2.16. The number of thioether (sulfide) groups is 1. The number of ether oxygens (including phenoxy) is 2. The number of hydrogen-bond acceptors (Lipinski definition) is 3. The lowest BCUT2D eigenvalue weighted by molar-refractivity contribution is -0.0269. The fourth-order valence-corrected chi connectivity index (χ4v) is 4.30. The van der Waals surface area contributed by atoms with Gasteiger partial charge in [-0.1, -0.05) is 108 Å². The maximum Gasteiger partial charge on any atom is 0.0810 e. The fourth-order valence-electron chi connectivity index (χ4n) is 3.61. The molecule has 0 radical (unpaired) electrons. The van der Waals surface area contributed by atoms with Crippen LogP contribution >= 0.6 is 11.8 Å². The number of unbranched alkanes of at least 4 members (excludes halogenated alkanes) is 11. The van der Waals surface area contributed by atoms with Crippen LogP contribution in [0, 0.1) is 0 Å². The van der Waals surface area contributed by atoms with Crippen LogP contribution in [-0.4, -0.2) is 30.8 Å². The van der Waals surface area contributed by atoms with Crippen molar-refractivity contribution in [3.63, 3.8) is 0 Å². The molecule has 0 aliphatic rings. The van der Waals surface area contributed by atoms with Crippen LogP contribution in [0.3, 0.4) is 0 Å². The van der Waals surface area contributed by atoms with Crippen molar-refractivity contribution in [1.82, 2.24) is 0 Å². The van der Waals surface area contributed by atoms with Gasteiger partial charge in [-0.25, -0.2) is 0 Å². The fraction of sp³-hybridized carbons (Fsp3) is 0.778.